The summed E-state index contributed by atoms with van der Waals surface area (Å²) in [4.78, 5) is 0. The van der Waals surface area contributed by atoms with Crippen LogP contribution in [0.25, 0.3) is 0 Å². The maximum atomic E-state index is 5.39. The van der Waals surface area contributed by atoms with Crippen molar-refractivity contribution in [2.75, 3.05) is 13.6 Å². The molecule has 2 atom stereocenters. The van der Waals surface area contributed by atoms with Crippen LogP contribution in [0.3, 0.4) is 0 Å². The number of rotatable bonds is 6. The molecule has 2 aromatic carbocycles. The van der Waals surface area contributed by atoms with Gasteiger partial charge in [-0.15, -0.1) is 0 Å². The number of hydrogen-bond acceptors (Lipinski definition) is 4. The lowest BCUT2D eigenvalue weighted by molar-refractivity contribution is 0.173. The van der Waals surface area contributed by atoms with Gasteiger partial charge in [0.2, 0.25) is 13.6 Å². The Kier molecular flexibility index (Phi) is 5.49. The van der Waals surface area contributed by atoms with Gasteiger partial charge in [-0.3, -0.25) is 0 Å². The first-order valence-electron chi connectivity index (χ1n) is 11.4. The van der Waals surface area contributed by atoms with Gasteiger partial charge in [0, 0.05) is 0 Å². The van der Waals surface area contributed by atoms with Crippen LogP contribution in [0.4, 0.5) is 0 Å². The highest BCUT2D eigenvalue weighted by molar-refractivity contribution is 5.46. The monoisotopic (exact) mass is 408 g/mol. The van der Waals surface area contributed by atoms with E-state index in [0.29, 0.717) is 25.4 Å². The van der Waals surface area contributed by atoms with E-state index in [0.717, 1.165) is 34.8 Å². The fourth-order valence-electron chi connectivity index (χ4n) is 4.42. The zero-order valence-electron chi connectivity index (χ0n) is 18.1. The van der Waals surface area contributed by atoms with Crippen molar-refractivity contribution >= 4 is 0 Å². The highest BCUT2D eigenvalue weighted by atomic mass is 16.7. The van der Waals surface area contributed by atoms with Gasteiger partial charge >= 0.3 is 0 Å². The Morgan fingerprint density at radius 3 is 1.43 bits per heavy atom. The van der Waals surface area contributed by atoms with Gasteiger partial charge in [-0.1, -0.05) is 51.7 Å². The average molecular weight is 409 g/mol. The lowest BCUT2D eigenvalue weighted by Crippen LogP contribution is -1.95. The van der Waals surface area contributed by atoms with Crippen molar-refractivity contribution in [3.05, 3.63) is 47.5 Å². The van der Waals surface area contributed by atoms with Crippen molar-refractivity contribution < 1.29 is 18.9 Å². The van der Waals surface area contributed by atoms with Gasteiger partial charge in [-0.05, 0) is 71.9 Å². The molecule has 4 heteroatoms. The lowest BCUT2D eigenvalue weighted by Gasteiger charge is -2.11. The molecule has 0 amide bonds. The van der Waals surface area contributed by atoms with Crippen molar-refractivity contribution in [1.82, 2.24) is 0 Å². The van der Waals surface area contributed by atoms with Crippen LogP contribution in [0.5, 0.6) is 23.0 Å². The summed E-state index contributed by atoms with van der Waals surface area (Å²) in [6.45, 7) is 5.34. The average Bonchev–Trinajstić information content (AvgIpc) is 3.65. The molecule has 0 aromatic heterocycles. The first kappa shape index (κ1) is 19.6. The second-order valence-electron chi connectivity index (χ2n) is 9.39. The van der Waals surface area contributed by atoms with Crippen LogP contribution in [-0.2, 0) is 0 Å². The summed E-state index contributed by atoms with van der Waals surface area (Å²) in [7, 11) is 0. The topological polar surface area (TPSA) is 36.9 Å². The van der Waals surface area contributed by atoms with Gasteiger partial charge in [0.15, 0.2) is 23.0 Å². The molecule has 0 N–H and O–H groups in total. The van der Waals surface area contributed by atoms with Gasteiger partial charge in [0.25, 0.3) is 0 Å². The summed E-state index contributed by atoms with van der Waals surface area (Å²) in [5, 5.41) is 0. The Labute approximate surface area is 179 Å². The van der Waals surface area contributed by atoms with Crippen molar-refractivity contribution in [2.45, 2.75) is 64.2 Å². The molecule has 2 fully saturated rings. The van der Waals surface area contributed by atoms with E-state index in [1.54, 1.807) is 0 Å². The predicted molar refractivity (Wildman–Crippen MR) is 117 cm³/mol. The van der Waals surface area contributed by atoms with Crippen molar-refractivity contribution in [3.8, 4) is 23.0 Å². The zero-order chi connectivity index (χ0) is 20.5. The molecule has 4 nitrogen and oxygen atoms in total. The Hall–Kier alpha value is -2.36. The summed E-state index contributed by atoms with van der Waals surface area (Å²) in [5.41, 5.74) is 2.76. The molecular formula is C26H32O4. The van der Waals surface area contributed by atoms with Crippen LogP contribution in [-0.4, -0.2) is 13.6 Å². The van der Waals surface area contributed by atoms with Crippen LogP contribution in [0, 0.1) is 11.8 Å². The molecular weight excluding hydrogens is 376 g/mol. The molecule has 2 heterocycles. The van der Waals surface area contributed by atoms with Crippen LogP contribution < -0.4 is 18.9 Å². The van der Waals surface area contributed by atoms with E-state index in [1.807, 2.05) is 12.1 Å². The molecule has 0 spiro atoms. The molecule has 4 aliphatic rings. The van der Waals surface area contributed by atoms with Crippen molar-refractivity contribution in [3.63, 3.8) is 0 Å². The molecule has 0 bridgehead atoms. The van der Waals surface area contributed by atoms with Gasteiger partial charge in [0.05, 0.1) is 0 Å². The highest BCUT2D eigenvalue weighted by Crippen LogP contribution is 2.42. The van der Waals surface area contributed by atoms with E-state index in [2.05, 4.69) is 38.1 Å². The lowest BCUT2D eigenvalue weighted by atomic mass is 9.95. The van der Waals surface area contributed by atoms with Crippen molar-refractivity contribution in [2.24, 2.45) is 11.8 Å². The largest absolute Gasteiger partial charge is 0.454 e. The summed E-state index contributed by atoms with van der Waals surface area (Å²) in [6, 6.07) is 12.7. The first-order chi connectivity index (χ1) is 14.7. The maximum absolute atomic E-state index is 5.39. The minimum absolute atomic E-state index is 0.371. The van der Waals surface area contributed by atoms with Crippen molar-refractivity contribution in [1.29, 1.82) is 0 Å². The van der Waals surface area contributed by atoms with E-state index in [-0.39, 0.29) is 0 Å². The standard InChI is InChI=1S/2C13H16O2/c2*1-9(6-10-2-3-10)11-4-5-12-13(7-11)15-8-14-12/h2*4-5,7,9-10H,2-3,6,8H2,1H3. The molecule has 160 valence electrons. The van der Waals surface area contributed by atoms with Crippen LogP contribution >= 0.6 is 0 Å². The smallest absolute Gasteiger partial charge is 0.231 e. The second kappa shape index (κ2) is 8.41. The van der Waals surface area contributed by atoms with Crippen LogP contribution in [0.15, 0.2) is 36.4 Å². The molecule has 2 saturated carbocycles. The van der Waals surface area contributed by atoms with E-state index in [9.17, 15) is 0 Å². The van der Waals surface area contributed by atoms with Gasteiger partial charge in [0.1, 0.15) is 0 Å². The summed E-state index contributed by atoms with van der Waals surface area (Å²) < 4.78 is 21.4. The third-order valence-electron chi connectivity index (χ3n) is 6.70. The molecule has 0 saturated heterocycles. The summed E-state index contributed by atoms with van der Waals surface area (Å²) >= 11 is 0. The quantitative estimate of drug-likeness (QED) is 0.537. The predicted octanol–water partition coefficient (Wildman–Crippen LogP) is 6.64. The Morgan fingerprint density at radius 1 is 0.633 bits per heavy atom. The third-order valence-corrected chi connectivity index (χ3v) is 6.70. The molecule has 2 aromatic rings. The minimum atomic E-state index is 0.371. The number of hydrogen-bond donors (Lipinski definition) is 0. The van der Waals surface area contributed by atoms with Gasteiger partial charge in [-0.25, -0.2) is 0 Å². The fourth-order valence-corrected chi connectivity index (χ4v) is 4.42. The number of benzene rings is 2. The third kappa shape index (κ3) is 4.69. The fraction of sp³-hybridized carbons (Fsp3) is 0.538. The normalized spacial score (nSPS) is 20.3. The Morgan fingerprint density at radius 2 is 1.03 bits per heavy atom. The first-order valence-corrected chi connectivity index (χ1v) is 11.4. The zero-order valence-corrected chi connectivity index (χ0v) is 18.1. The molecule has 2 aliphatic carbocycles. The number of ether oxygens (including phenoxy) is 4. The number of fused-ring (bicyclic) bond motifs is 2. The molecule has 0 radical (unpaired) electrons. The van der Waals surface area contributed by atoms with Crippen LogP contribution in [0.2, 0.25) is 0 Å². The van der Waals surface area contributed by atoms with E-state index in [1.165, 1.54) is 49.7 Å². The van der Waals surface area contributed by atoms with E-state index >= 15 is 0 Å². The summed E-state index contributed by atoms with van der Waals surface area (Å²) in [5.74, 6) is 6.84. The van der Waals surface area contributed by atoms with E-state index < -0.39 is 0 Å². The summed E-state index contributed by atoms with van der Waals surface area (Å²) in [6.07, 6.45) is 8.34. The molecule has 2 aliphatic heterocycles. The van der Waals surface area contributed by atoms with E-state index in [4.69, 9.17) is 18.9 Å². The molecule has 2 unspecified atom stereocenters. The minimum Gasteiger partial charge on any atom is -0.454 e. The van der Waals surface area contributed by atoms with Gasteiger partial charge < -0.3 is 18.9 Å². The van der Waals surface area contributed by atoms with Gasteiger partial charge in [-0.2, -0.15) is 0 Å². The highest BCUT2D eigenvalue weighted by Gasteiger charge is 2.26. The molecule has 30 heavy (non-hydrogen) atoms. The molecule has 6 rings (SSSR count). The maximum Gasteiger partial charge on any atom is 0.231 e. The van der Waals surface area contributed by atoms with Crippen LogP contribution in [0.1, 0.15) is 75.3 Å². The second-order valence-corrected chi connectivity index (χ2v) is 9.39. The Balaban J connectivity index is 0.000000128. The Bertz CT molecular complexity index is 811. The SMILES string of the molecule is CC(CC1CC1)c1ccc2c(c1)OCO2.CC(CC1CC1)c1ccc2c(c1)OCO2.